The van der Waals surface area contributed by atoms with Crippen LogP contribution in [0.15, 0.2) is 42.5 Å². The third-order valence-corrected chi connectivity index (χ3v) is 5.04. The molecule has 0 spiro atoms. The lowest BCUT2D eigenvalue weighted by atomic mass is 10.0. The number of carbonyl (C=O) groups excluding carboxylic acids is 1. The minimum absolute atomic E-state index is 0.111. The van der Waals surface area contributed by atoms with Gasteiger partial charge in [-0.25, -0.2) is 0 Å². The lowest BCUT2D eigenvalue weighted by Crippen LogP contribution is -2.35. The van der Waals surface area contributed by atoms with Crippen LogP contribution in [-0.2, 0) is 17.7 Å². The van der Waals surface area contributed by atoms with Crippen LogP contribution in [0.1, 0.15) is 35.3 Å². The Kier molecular flexibility index (Phi) is 4.89. The Labute approximate surface area is 160 Å². The van der Waals surface area contributed by atoms with E-state index in [1.54, 1.807) is 0 Å². The van der Waals surface area contributed by atoms with Gasteiger partial charge in [-0.2, -0.15) is 0 Å². The van der Waals surface area contributed by atoms with Gasteiger partial charge in [0.05, 0.1) is 18.9 Å². The van der Waals surface area contributed by atoms with Crippen molar-refractivity contribution in [1.82, 2.24) is 4.90 Å². The third kappa shape index (κ3) is 4.15. The van der Waals surface area contributed by atoms with Crippen LogP contribution in [0.3, 0.4) is 0 Å². The number of carbonyl (C=O) groups is 1. The van der Waals surface area contributed by atoms with Gasteiger partial charge in [0.2, 0.25) is 0 Å². The third-order valence-electron chi connectivity index (χ3n) is 5.04. The van der Waals surface area contributed by atoms with E-state index in [2.05, 4.69) is 36.2 Å². The largest absolute Gasteiger partial charge is 0.485 e. The van der Waals surface area contributed by atoms with Crippen molar-refractivity contribution in [2.45, 2.75) is 32.4 Å². The summed E-state index contributed by atoms with van der Waals surface area (Å²) < 4.78 is 11.5. The Bertz CT molecular complexity index is 841. The summed E-state index contributed by atoms with van der Waals surface area (Å²) in [5, 5.41) is 3.03. The second-order valence-electron chi connectivity index (χ2n) is 7.88. The van der Waals surface area contributed by atoms with Crippen LogP contribution in [0, 0.1) is 0 Å². The number of hydrogen-bond acceptors (Lipinski definition) is 4. The molecule has 2 aliphatic heterocycles. The van der Waals surface area contributed by atoms with E-state index < -0.39 is 0 Å². The minimum Gasteiger partial charge on any atom is -0.485 e. The average Bonchev–Trinajstić information content (AvgIpc) is 2.98. The Balaban J connectivity index is 1.48. The number of hydrogen-bond donors (Lipinski definition) is 1. The molecule has 0 atom stereocenters. The topological polar surface area (TPSA) is 50.8 Å². The van der Waals surface area contributed by atoms with E-state index in [1.807, 2.05) is 30.3 Å². The van der Waals surface area contributed by atoms with Crippen LogP contribution < -0.4 is 10.1 Å². The molecular weight excluding hydrogens is 340 g/mol. The fourth-order valence-electron chi connectivity index (χ4n) is 3.74. The summed E-state index contributed by atoms with van der Waals surface area (Å²) in [5.74, 6) is 0.681. The van der Waals surface area contributed by atoms with Crippen molar-refractivity contribution in [3.63, 3.8) is 0 Å². The maximum absolute atomic E-state index is 12.8. The molecule has 0 saturated carbocycles. The first-order chi connectivity index (χ1) is 13.0. The highest BCUT2D eigenvalue weighted by Crippen LogP contribution is 2.40. The van der Waals surface area contributed by atoms with E-state index >= 15 is 0 Å². The minimum atomic E-state index is -0.235. The van der Waals surface area contributed by atoms with Crippen LogP contribution in [-0.4, -0.2) is 42.7 Å². The first-order valence-electron chi connectivity index (χ1n) is 9.51. The van der Waals surface area contributed by atoms with Crippen LogP contribution in [0.2, 0.25) is 0 Å². The molecular formula is C22H26N2O3. The normalized spacial score (nSPS) is 18.6. The molecule has 0 aromatic heterocycles. The van der Waals surface area contributed by atoms with E-state index in [-0.39, 0.29) is 11.5 Å². The Morgan fingerprint density at radius 2 is 1.93 bits per heavy atom. The number of amides is 1. The average molecular weight is 366 g/mol. The van der Waals surface area contributed by atoms with Crippen molar-refractivity contribution in [2.75, 3.05) is 31.6 Å². The number of morpholine rings is 1. The molecule has 1 fully saturated rings. The lowest BCUT2D eigenvalue weighted by molar-refractivity contribution is 0.0342. The van der Waals surface area contributed by atoms with Gasteiger partial charge < -0.3 is 14.8 Å². The van der Waals surface area contributed by atoms with E-state index in [4.69, 9.17) is 9.47 Å². The summed E-state index contributed by atoms with van der Waals surface area (Å²) in [4.78, 5) is 15.2. The fourth-order valence-corrected chi connectivity index (χ4v) is 3.74. The molecule has 1 saturated heterocycles. The smallest absolute Gasteiger partial charge is 0.255 e. The van der Waals surface area contributed by atoms with Crippen molar-refractivity contribution >= 4 is 11.6 Å². The molecule has 0 aliphatic carbocycles. The van der Waals surface area contributed by atoms with Crippen molar-refractivity contribution < 1.29 is 14.3 Å². The molecule has 5 heteroatoms. The number of nitrogens with zero attached hydrogens (tertiary/aromatic N) is 1. The molecule has 2 aromatic carbocycles. The number of nitrogens with one attached hydrogen (secondary N) is 1. The summed E-state index contributed by atoms with van der Waals surface area (Å²) in [6.07, 6.45) is 0.848. The van der Waals surface area contributed by atoms with Gasteiger partial charge in [0, 0.05) is 37.2 Å². The molecule has 0 radical (unpaired) electrons. The van der Waals surface area contributed by atoms with Crippen LogP contribution in [0.25, 0.3) is 0 Å². The number of rotatable bonds is 4. The Hall–Kier alpha value is -2.37. The second kappa shape index (κ2) is 7.33. The van der Waals surface area contributed by atoms with Crippen LogP contribution in [0.5, 0.6) is 5.75 Å². The van der Waals surface area contributed by atoms with Crippen molar-refractivity contribution in [3.05, 3.63) is 59.2 Å². The van der Waals surface area contributed by atoms with Gasteiger partial charge in [0.15, 0.2) is 0 Å². The molecule has 0 bridgehead atoms. The second-order valence-corrected chi connectivity index (χ2v) is 7.88. The molecule has 2 aliphatic rings. The molecule has 0 unspecified atom stereocenters. The van der Waals surface area contributed by atoms with E-state index in [0.29, 0.717) is 5.56 Å². The molecule has 4 rings (SSSR count). The van der Waals surface area contributed by atoms with Crippen molar-refractivity contribution in [3.8, 4) is 5.75 Å². The van der Waals surface area contributed by atoms with E-state index in [9.17, 15) is 4.79 Å². The molecule has 2 aromatic rings. The molecule has 2 heterocycles. The number of ether oxygens (including phenoxy) is 2. The zero-order chi connectivity index (χ0) is 18.9. The number of para-hydroxylation sites is 1. The highest BCUT2D eigenvalue weighted by atomic mass is 16.5. The van der Waals surface area contributed by atoms with Gasteiger partial charge in [-0.3, -0.25) is 9.69 Å². The van der Waals surface area contributed by atoms with Crippen LogP contribution >= 0.6 is 0 Å². The van der Waals surface area contributed by atoms with E-state index in [1.165, 1.54) is 0 Å². The van der Waals surface area contributed by atoms with Crippen LogP contribution in [0.4, 0.5) is 5.69 Å². The van der Waals surface area contributed by atoms with Gasteiger partial charge in [-0.15, -0.1) is 0 Å². The van der Waals surface area contributed by atoms with Gasteiger partial charge in [0.25, 0.3) is 5.91 Å². The molecule has 27 heavy (non-hydrogen) atoms. The number of fused-ring (bicyclic) bond motifs is 1. The van der Waals surface area contributed by atoms with Gasteiger partial charge >= 0.3 is 0 Å². The maximum Gasteiger partial charge on any atom is 0.255 e. The summed E-state index contributed by atoms with van der Waals surface area (Å²) in [7, 11) is 0. The first-order valence-corrected chi connectivity index (χ1v) is 9.51. The van der Waals surface area contributed by atoms with Crippen molar-refractivity contribution in [2.24, 2.45) is 0 Å². The zero-order valence-corrected chi connectivity index (χ0v) is 16.0. The van der Waals surface area contributed by atoms with Crippen molar-refractivity contribution in [1.29, 1.82) is 0 Å². The summed E-state index contributed by atoms with van der Waals surface area (Å²) in [6.45, 7) is 8.37. The van der Waals surface area contributed by atoms with Gasteiger partial charge in [-0.1, -0.05) is 24.3 Å². The Morgan fingerprint density at radius 3 is 2.74 bits per heavy atom. The number of benzene rings is 2. The fraction of sp³-hybridized carbons (Fsp3) is 0.409. The molecule has 1 amide bonds. The molecule has 5 nitrogen and oxygen atoms in total. The SMILES string of the molecule is CC1(C)Cc2cccc(NC(=O)c3cccc(CN4CCOCC4)c3)c2O1. The highest BCUT2D eigenvalue weighted by Gasteiger charge is 2.32. The Morgan fingerprint density at radius 1 is 1.15 bits per heavy atom. The molecule has 142 valence electrons. The van der Waals surface area contributed by atoms with Gasteiger partial charge in [-0.05, 0) is 37.6 Å². The summed E-state index contributed by atoms with van der Waals surface area (Å²) in [6, 6.07) is 13.8. The predicted molar refractivity (Wildman–Crippen MR) is 105 cm³/mol. The lowest BCUT2D eigenvalue weighted by Gasteiger charge is -2.26. The van der Waals surface area contributed by atoms with Gasteiger partial charge in [0.1, 0.15) is 11.4 Å². The summed E-state index contributed by atoms with van der Waals surface area (Å²) in [5.41, 5.74) is 3.44. The standard InChI is InChI=1S/C22H26N2O3/c1-22(2)14-18-7-4-8-19(20(18)27-22)23-21(25)17-6-3-5-16(13-17)15-24-9-11-26-12-10-24/h3-8,13H,9-12,14-15H2,1-2H3,(H,23,25). The first kappa shape index (κ1) is 18.0. The highest BCUT2D eigenvalue weighted by molar-refractivity contribution is 6.05. The predicted octanol–water partition coefficient (Wildman–Crippen LogP) is 3.48. The quantitative estimate of drug-likeness (QED) is 0.900. The summed E-state index contributed by atoms with van der Waals surface area (Å²) >= 11 is 0. The zero-order valence-electron chi connectivity index (χ0n) is 16.0. The number of anilines is 1. The van der Waals surface area contributed by atoms with E-state index in [0.717, 1.165) is 61.8 Å². The maximum atomic E-state index is 12.8. The molecule has 1 N–H and O–H groups in total. The monoisotopic (exact) mass is 366 g/mol.